The van der Waals surface area contributed by atoms with Crippen LogP contribution in [-0.2, 0) is 4.74 Å². The first-order chi connectivity index (χ1) is 13.0. The Morgan fingerprint density at radius 2 is 1.70 bits per heavy atom. The average molecular weight is 451 g/mol. The van der Waals surface area contributed by atoms with Crippen LogP contribution in [-0.4, -0.2) is 30.8 Å². The molecule has 1 aromatic heterocycles. The van der Waals surface area contributed by atoms with Crippen molar-refractivity contribution in [1.29, 1.82) is 0 Å². The summed E-state index contributed by atoms with van der Waals surface area (Å²) in [6.45, 7) is 0.648. The van der Waals surface area contributed by atoms with Crippen LogP contribution in [0.5, 0.6) is 11.5 Å². The lowest BCUT2D eigenvalue weighted by Crippen LogP contribution is -2.09. The number of esters is 1. The highest BCUT2D eigenvalue weighted by molar-refractivity contribution is 6.55. The van der Waals surface area contributed by atoms with Gasteiger partial charge in [-0.3, -0.25) is 4.98 Å². The predicted octanol–water partition coefficient (Wildman–Crippen LogP) is 5.71. The zero-order valence-corrected chi connectivity index (χ0v) is 17.0. The summed E-state index contributed by atoms with van der Waals surface area (Å²) in [5.41, 5.74) is 0.442. The van der Waals surface area contributed by atoms with Crippen molar-refractivity contribution in [3.8, 4) is 11.5 Å². The number of aromatic nitrogens is 1. The molecule has 0 bridgehead atoms. The Hall–Kier alpha value is -1.66. The lowest BCUT2D eigenvalue weighted by atomic mass is 10.3. The third-order valence-corrected chi connectivity index (χ3v) is 4.01. The maximum Gasteiger partial charge on any atom is 0.338 e. The number of rotatable bonds is 9. The smallest absolute Gasteiger partial charge is 0.338 e. The normalized spacial score (nSPS) is 10.2. The van der Waals surface area contributed by atoms with Gasteiger partial charge in [0.05, 0.1) is 28.8 Å². The van der Waals surface area contributed by atoms with E-state index in [1.807, 2.05) is 0 Å². The molecule has 0 saturated heterocycles. The van der Waals surface area contributed by atoms with Gasteiger partial charge in [-0.1, -0.05) is 46.4 Å². The van der Waals surface area contributed by atoms with Crippen molar-refractivity contribution in [3.63, 3.8) is 0 Å². The molecule has 0 aliphatic rings. The highest BCUT2D eigenvalue weighted by Crippen LogP contribution is 2.37. The standard InChI is InChI=1S/C18H15Cl4NO4/c19-14-10-13(25-9-4-16(21)22)11-15(20)17(14)26-7-1-8-27-18(24)12-2-5-23-6-3-12/h2-6,10-11H,1,7-9H2. The van der Waals surface area contributed by atoms with E-state index in [0.29, 0.717) is 33.5 Å². The van der Waals surface area contributed by atoms with Crippen LogP contribution in [0.4, 0.5) is 0 Å². The van der Waals surface area contributed by atoms with Crippen molar-refractivity contribution in [1.82, 2.24) is 4.98 Å². The van der Waals surface area contributed by atoms with Crippen LogP contribution >= 0.6 is 46.4 Å². The number of halogens is 4. The summed E-state index contributed by atoms with van der Waals surface area (Å²) in [6, 6.07) is 6.31. The van der Waals surface area contributed by atoms with Crippen molar-refractivity contribution in [3.05, 3.63) is 62.8 Å². The SMILES string of the molecule is O=C(OCCCOc1c(Cl)cc(OCC=C(Cl)Cl)cc1Cl)c1ccncc1. The van der Waals surface area contributed by atoms with E-state index in [1.165, 1.54) is 18.5 Å². The largest absolute Gasteiger partial charge is 0.490 e. The molecule has 0 spiro atoms. The lowest BCUT2D eigenvalue weighted by Gasteiger charge is -2.12. The number of nitrogens with zero attached hydrogens (tertiary/aromatic N) is 1. The average Bonchev–Trinajstić information content (AvgIpc) is 2.63. The third kappa shape index (κ3) is 7.46. The molecule has 0 aliphatic heterocycles. The van der Waals surface area contributed by atoms with E-state index in [0.717, 1.165) is 0 Å². The van der Waals surface area contributed by atoms with Crippen LogP contribution in [0.1, 0.15) is 16.8 Å². The molecule has 2 rings (SSSR count). The fourth-order valence-electron chi connectivity index (χ4n) is 1.93. The molecule has 0 fully saturated rings. The van der Waals surface area contributed by atoms with Gasteiger partial charge < -0.3 is 14.2 Å². The number of hydrogen-bond donors (Lipinski definition) is 0. The number of carbonyl (C=O) groups is 1. The van der Waals surface area contributed by atoms with E-state index in [-0.39, 0.29) is 24.3 Å². The van der Waals surface area contributed by atoms with Gasteiger partial charge >= 0.3 is 5.97 Å². The van der Waals surface area contributed by atoms with Gasteiger partial charge in [0.1, 0.15) is 16.8 Å². The monoisotopic (exact) mass is 449 g/mol. The first kappa shape index (κ1) is 21.6. The van der Waals surface area contributed by atoms with Gasteiger partial charge in [0.25, 0.3) is 0 Å². The zero-order chi connectivity index (χ0) is 19.6. The molecule has 5 nitrogen and oxygen atoms in total. The minimum absolute atomic E-state index is 0.108. The van der Waals surface area contributed by atoms with Gasteiger partial charge in [0, 0.05) is 30.9 Å². The third-order valence-electron chi connectivity index (χ3n) is 3.14. The van der Waals surface area contributed by atoms with Crippen molar-refractivity contribution in [2.75, 3.05) is 19.8 Å². The molecule has 27 heavy (non-hydrogen) atoms. The number of hydrogen-bond acceptors (Lipinski definition) is 5. The van der Waals surface area contributed by atoms with Crippen molar-refractivity contribution < 1.29 is 19.0 Å². The molecule has 0 radical (unpaired) electrons. The maximum absolute atomic E-state index is 11.8. The molecule has 0 unspecified atom stereocenters. The summed E-state index contributed by atoms with van der Waals surface area (Å²) in [4.78, 5) is 15.6. The molecular formula is C18H15Cl4NO4. The minimum Gasteiger partial charge on any atom is -0.490 e. The molecule has 144 valence electrons. The summed E-state index contributed by atoms with van der Waals surface area (Å²) in [5.74, 6) is 0.368. The Kier molecular flexibility index (Phi) is 9.01. The van der Waals surface area contributed by atoms with Crippen LogP contribution in [0, 0.1) is 0 Å². The second kappa shape index (κ2) is 11.2. The van der Waals surface area contributed by atoms with Crippen LogP contribution in [0.2, 0.25) is 10.0 Å². The Morgan fingerprint density at radius 1 is 1.04 bits per heavy atom. The second-order valence-corrected chi connectivity index (χ2v) is 6.92. The van der Waals surface area contributed by atoms with E-state index in [4.69, 9.17) is 60.6 Å². The fourth-order valence-corrected chi connectivity index (χ4v) is 2.63. The van der Waals surface area contributed by atoms with E-state index in [1.54, 1.807) is 24.3 Å². The zero-order valence-electron chi connectivity index (χ0n) is 14.0. The highest BCUT2D eigenvalue weighted by atomic mass is 35.5. The molecule has 0 saturated carbocycles. The van der Waals surface area contributed by atoms with Crippen LogP contribution in [0.15, 0.2) is 47.2 Å². The van der Waals surface area contributed by atoms with E-state index in [2.05, 4.69) is 4.98 Å². The van der Waals surface area contributed by atoms with Crippen LogP contribution in [0.25, 0.3) is 0 Å². The molecule has 2 aromatic rings. The Bertz CT molecular complexity index is 772. The summed E-state index contributed by atoms with van der Waals surface area (Å²) in [6.07, 6.45) is 5.01. The predicted molar refractivity (Wildman–Crippen MR) is 106 cm³/mol. The second-order valence-electron chi connectivity index (χ2n) is 5.09. The van der Waals surface area contributed by atoms with Gasteiger partial charge in [-0.05, 0) is 18.2 Å². The molecule has 9 heteroatoms. The lowest BCUT2D eigenvalue weighted by molar-refractivity contribution is 0.0486. The number of pyridine rings is 1. The Morgan fingerprint density at radius 3 is 2.33 bits per heavy atom. The Labute approximate surface area is 176 Å². The van der Waals surface area contributed by atoms with Crippen molar-refractivity contribution >= 4 is 52.4 Å². The van der Waals surface area contributed by atoms with Gasteiger partial charge in [-0.15, -0.1) is 0 Å². The quantitative estimate of drug-likeness (QED) is 0.361. The topological polar surface area (TPSA) is 57.7 Å². The van der Waals surface area contributed by atoms with Gasteiger partial charge in [0.2, 0.25) is 0 Å². The van der Waals surface area contributed by atoms with Gasteiger partial charge in [0.15, 0.2) is 5.75 Å². The summed E-state index contributed by atoms with van der Waals surface area (Å²) in [5, 5.41) is 0.597. The molecule has 0 aliphatic carbocycles. The molecule has 0 atom stereocenters. The van der Waals surface area contributed by atoms with Crippen molar-refractivity contribution in [2.45, 2.75) is 6.42 Å². The van der Waals surface area contributed by atoms with Gasteiger partial charge in [-0.25, -0.2) is 4.79 Å². The molecule has 0 N–H and O–H groups in total. The number of ether oxygens (including phenoxy) is 3. The summed E-state index contributed by atoms with van der Waals surface area (Å²) < 4.78 is 16.2. The fraction of sp³-hybridized carbons (Fsp3) is 0.222. The van der Waals surface area contributed by atoms with Crippen molar-refractivity contribution in [2.24, 2.45) is 0 Å². The summed E-state index contributed by atoms with van der Waals surface area (Å²) in [7, 11) is 0. The van der Waals surface area contributed by atoms with E-state index >= 15 is 0 Å². The first-order valence-electron chi connectivity index (χ1n) is 7.80. The minimum atomic E-state index is -0.416. The molecular weight excluding hydrogens is 436 g/mol. The van der Waals surface area contributed by atoms with Crippen LogP contribution < -0.4 is 9.47 Å². The van der Waals surface area contributed by atoms with E-state index < -0.39 is 5.97 Å². The molecule has 1 heterocycles. The molecule has 0 amide bonds. The van der Waals surface area contributed by atoms with E-state index in [9.17, 15) is 4.79 Å². The van der Waals surface area contributed by atoms with Crippen LogP contribution in [0.3, 0.4) is 0 Å². The molecule has 1 aromatic carbocycles. The Balaban J connectivity index is 1.78. The highest BCUT2D eigenvalue weighted by Gasteiger charge is 2.11. The number of benzene rings is 1. The summed E-state index contributed by atoms with van der Waals surface area (Å²) >= 11 is 23.4. The van der Waals surface area contributed by atoms with Gasteiger partial charge in [-0.2, -0.15) is 0 Å². The first-order valence-corrected chi connectivity index (χ1v) is 9.31. The number of carbonyl (C=O) groups excluding carboxylic acids is 1. The maximum atomic E-state index is 11.8.